The molecule has 1 aromatic heterocycles. The van der Waals surface area contributed by atoms with Crippen LogP contribution in [0.1, 0.15) is 42.5 Å². The molecule has 0 fully saturated rings. The van der Waals surface area contributed by atoms with Gasteiger partial charge in [-0.1, -0.05) is 31.2 Å². The van der Waals surface area contributed by atoms with E-state index < -0.39 is 28.6 Å². The zero-order chi connectivity index (χ0) is 25.0. The average molecular weight is 561 g/mol. The average Bonchev–Trinajstić information content (AvgIpc) is 2.84. The Morgan fingerprint density at radius 1 is 1.23 bits per heavy atom. The maximum absolute atomic E-state index is 13.2. The van der Waals surface area contributed by atoms with Gasteiger partial charge < -0.3 is 14.6 Å². The van der Waals surface area contributed by atoms with Crippen LogP contribution in [0.5, 0.6) is 17.4 Å². The molecule has 0 saturated carbocycles. The van der Waals surface area contributed by atoms with Crippen LogP contribution in [0.4, 0.5) is 0 Å². The summed E-state index contributed by atoms with van der Waals surface area (Å²) in [5.74, 6) is 0.256. The molecule has 1 aliphatic carbocycles. The number of carbonyl (C=O) groups is 1. The van der Waals surface area contributed by atoms with Crippen molar-refractivity contribution in [2.24, 2.45) is 0 Å². The van der Waals surface area contributed by atoms with Crippen LogP contribution in [0.25, 0.3) is 0 Å². The fourth-order valence-electron chi connectivity index (χ4n) is 4.00. The van der Waals surface area contributed by atoms with Crippen LogP contribution in [0.3, 0.4) is 0 Å². The molecule has 0 spiro atoms. The highest BCUT2D eigenvalue weighted by Crippen LogP contribution is 2.37. The van der Waals surface area contributed by atoms with Crippen molar-refractivity contribution in [3.63, 3.8) is 0 Å². The maximum atomic E-state index is 13.2. The number of nitrogens with zero attached hydrogens (tertiary/aromatic N) is 1. The van der Waals surface area contributed by atoms with Gasteiger partial charge in [-0.15, -0.1) is 0 Å². The Morgan fingerprint density at radius 3 is 2.69 bits per heavy atom. The van der Waals surface area contributed by atoms with Gasteiger partial charge in [-0.25, -0.2) is 22.9 Å². The topological polar surface area (TPSA) is 115 Å². The Hall–Kier alpha value is -2.95. The van der Waals surface area contributed by atoms with E-state index in [1.165, 1.54) is 17.8 Å². The number of carboxylic acids is 1. The van der Waals surface area contributed by atoms with Crippen molar-refractivity contribution in [3.8, 4) is 17.4 Å². The molecule has 2 aromatic carbocycles. The molecule has 10 heteroatoms. The number of hydrogen-bond acceptors (Lipinski definition) is 6. The molecule has 2 N–H and O–H groups in total. The second kappa shape index (κ2) is 10.8. The highest BCUT2D eigenvalue weighted by atomic mass is 79.9. The van der Waals surface area contributed by atoms with Crippen molar-refractivity contribution in [1.82, 2.24) is 9.71 Å². The van der Waals surface area contributed by atoms with Crippen molar-refractivity contribution in [3.05, 3.63) is 75.9 Å². The first kappa shape index (κ1) is 25.2. The number of sulfonamides is 1. The van der Waals surface area contributed by atoms with E-state index in [4.69, 9.17) is 14.6 Å². The number of aliphatic carboxylic acids is 1. The fraction of sp³-hybridized carbons (Fsp3) is 0.280. The first-order valence-corrected chi connectivity index (χ1v) is 13.5. The zero-order valence-corrected chi connectivity index (χ0v) is 21.4. The first-order valence-electron chi connectivity index (χ1n) is 11.2. The van der Waals surface area contributed by atoms with Crippen molar-refractivity contribution < 1.29 is 27.8 Å². The molecule has 4 rings (SSSR count). The second-order valence-corrected chi connectivity index (χ2v) is 10.7. The van der Waals surface area contributed by atoms with Gasteiger partial charge in [-0.2, -0.15) is 0 Å². The summed E-state index contributed by atoms with van der Waals surface area (Å²) in [5, 5.41) is 8.92. The van der Waals surface area contributed by atoms with E-state index >= 15 is 0 Å². The third-order valence-electron chi connectivity index (χ3n) is 5.75. The number of aromatic nitrogens is 1. The summed E-state index contributed by atoms with van der Waals surface area (Å²) in [7, 11) is -3.90. The number of hydrogen-bond donors (Lipinski definition) is 2. The SMILES string of the molecule is CCc1ccc(Oc2ncc(S(=O)(=O)NC3CCCc4c(OCC(=O)O)cccc43)cc2Br)cc1. The number of aryl methyl sites for hydroxylation is 1. The Morgan fingerprint density at radius 2 is 2.00 bits per heavy atom. The smallest absolute Gasteiger partial charge is 0.341 e. The molecule has 1 aliphatic rings. The number of benzene rings is 2. The third kappa shape index (κ3) is 6.01. The molecule has 1 heterocycles. The summed E-state index contributed by atoms with van der Waals surface area (Å²) in [4.78, 5) is 15.1. The lowest BCUT2D eigenvalue weighted by molar-refractivity contribution is -0.139. The lowest BCUT2D eigenvalue weighted by atomic mass is 9.87. The van der Waals surface area contributed by atoms with Crippen LogP contribution in [-0.4, -0.2) is 31.1 Å². The molecule has 0 amide bonds. The van der Waals surface area contributed by atoms with Gasteiger partial charge in [0.25, 0.3) is 0 Å². The normalized spacial score (nSPS) is 15.3. The molecule has 0 aliphatic heterocycles. The summed E-state index contributed by atoms with van der Waals surface area (Å²) in [6.45, 7) is 1.61. The molecule has 35 heavy (non-hydrogen) atoms. The maximum Gasteiger partial charge on any atom is 0.341 e. The van der Waals surface area contributed by atoms with Gasteiger partial charge >= 0.3 is 5.97 Å². The summed E-state index contributed by atoms with van der Waals surface area (Å²) in [6, 6.07) is 13.9. The fourth-order valence-corrected chi connectivity index (χ4v) is 5.80. The van der Waals surface area contributed by atoms with E-state index in [1.54, 1.807) is 12.1 Å². The van der Waals surface area contributed by atoms with Crippen molar-refractivity contribution in [1.29, 1.82) is 0 Å². The number of ether oxygens (including phenoxy) is 2. The van der Waals surface area contributed by atoms with Crippen molar-refractivity contribution in [2.75, 3.05) is 6.61 Å². The molecule has 8 nitrogen and oxygen atoms in total. The number of halogens is 1. The van der Waals surface area contributed by atoms with Crippen molar-refractivity contribution >= 4 is 31.9 Å². The Kier molecular flexibility index (Phi) is 7.73. The van der Waals surface area contributed by atoms with Crippen molar-refractivity contribution in [2.45, 2.75) is 43.5 Å². The summed E-state index contributed by atoms with van der Waals surface area (Å²) >= 11 is 3.37. The van der Waals surface area contributed by atoms with Crippen LogP contribution < -0.4 is 14.2 Å². The Labute approximate surface area is 212 Å². The van der Waals surface area contributed by atoms with Gasteiger partial charge in [0, 0.05) is 6.04 Å². The van der Waals surface area contributed by atoms with E-state index in [0.29, 0.717) is 28.8 Å². The predicted octanol–water partition coefficient (Wildman–Crippen LogP) is 5.02. The van der Waals surface area contributed by atoms with Crippen LogP contribution in [0, 0.1) is 0 Å². The lowest BCUT2D eigenvalue weighted by Gasteiger charge is -2.27. The molecule has 0 bridgehead atoms. The van der Waals surface area contributed by atoms with Gasteiger partial charge in [0.15, 0.2) is 6.61 Å². The molecular formula is C25H25BrN2O6S. The minimum atomic E-state index is -3.90. The summed E-state index contributed by atoms with van der Waals surface area (Å²) in [5.41, 5.74) is 2.79. The first-order chi connectivity index (χ1) is 16.8. The van der Waals surface area contributed by atoms with Gasteiger partial charge in [0.05, 0.1) is 10.7 Å². The highest BCUT2D eigenvalue weighted by Gasteiger charge is 2.28. The van der Waals surface area contributed by atoms with Gasteiger partial charge in [0.2, 0.25) is 15.9 Å². The van der Waals surface area contributed by atoms with E-state index in [9.17, 15) is 13.2 Å². The molecule has 1 atom stereocenters. The molecule has 0 radical (unpaired) electrons. The second-order valence-electron chi connectivity index (χ2n) is 8.13. The standard InChI is InChI=1S/C25H25BrN2O6S/c1-2-16-9-11-17(12-10-16)34-25-21(26)13-18(14-27-25)35(31,32)28-22-7-3-6-20-19(22)5-4-8-23(20)33-15-24(29)30/h4-5,8-14,22,28H,2-3,6-7,15H2,1H3,(H,29,30). The van der Waals surface area contributed by atoms with E-state index in [-0.39, 0.29) is 10.8 Å². The summed E-state index contributed by atoms with van der Waals surface area (Å²) in [6.07, 6.45) is 4.21. The number of nitrogens with one attached hydrogen (secondary N) is 1. The monoisotopic (exact) mass is 560 g/mol. The number of carboxylic acid groups (broad SMARTS) is 1. The highest BCUT2D eigenvalue weighted by molar-refractivity contribution is 9.10. The minimum absolute atomic E-state index is 0.00320. The van der Waals surface area contributed by atoms with Gasteiger partial charge in [-0.05, 0) is 82.6 Å². The van der Waals surface area contributed by atoms with E-state index in [2.05, 4.69) is 32.6 Å². The predicted molar refractivity (Wildman–Crippen MR) is 133 cm³/mol. The van der Waals surface area contributed by atoms with Gasteiger partial charge in [0.1, 0.15) is 16.4 Å². The Balaban J connectivity index is 1.52. The van der Waals surface area contributed by atoms with Crippen LogP contribution in [0.2, 0.25) is 0 Å². The minimum Gasteiger partial charge on any atom is -0.482 e. The lowest BCUT2D eigenvalue weighted by Crippen LogP contribution is -2.31. The molecule has 184 valence electrons. The van der Waals surface area contributed by atoms with Crippen LogP contribution in [0.15, 0.2) is 64.1 Å². The number of rotatable bonds is 9. The number of fused-ring (bicyclic) bond motifs is 1. The Bertz CT molecular complexity index is 1330. The quantitative estimate of drug-likeness (QED) is 0.377. The van der Waals surface area contributed by atoms with Crippen LogP contribution >= 0.6 is 15.9 Å². The third-order valence-corrected chi connectivity index (χ3v) is 7.76. The molecular weight excluding hydrogens is 536 g/mol. The molecule has 3 aromatic rings. The van der Waals surface area contributed by atoms with E-state index in [1.807, 2.05) is 30.3 Å². The number of pyridine rings is 1. The van der Waals surface area contributed by atoms with Gasteiger partial charge in [-0.3, -0.25) is 0 Å². The summed E-state index contributed by atoms with van der Waals surface area (Å²) < 4.78 is 40.7. The molecule has 0 saturated heterocycles. The largest absolute Gasteiger partial charge is 0.482 e. The van der Waals surface area contributed by atoms with E-state index in [0.717, 1.165) is 24.0 Å². The van der Waals surface area contributed by atoms with Crippen LogP contribution in [-0.2, 0) is 27.7 Å². The molecule has 1 unspecified atom stereocenters. The zero-order valence-electron chi connectivity index (χ0n) is 19.0.